The summed E-state index contributed by atoms with van der Waals surface area (Å²) in [6.07, 6.45) is 8.16. The van der Waals surface area contributed by atoms with E-state index in [2.05, 4.69) is 39.0 Å². The molecule has 2 nitrogen and oxygen atoms in total. The predicted octanol–water partition coefficient (Wildman–Crippen LogP) is 5.39. The van der Waals surface area contributed by atoms with E-state index in [1.165, 1.54) is 31.2 Å². The van der Waals surface area contributed by atoms with Gasteiger partial charge in [0.25, 0.3) is 0 Å². The van der Waals surface area contributed by atoms with Gasteiger partial charge >= 0.3 is 0 Å². The van der Waals surface area contributed by atoms with E-state index < -0.39 is 0 Å². The first-order valence-corrected chi connectivity index (χ1v) is 8.20. The van der Waals surface area contributed by atoms with Gasteiger partial charge in [-0.25, -0.2) is 0 Å². The van der Waals surface area contributed by atoms with Gasteiger partial charge < -0.3 is 9.47 Å². The Morgan fingerprint density at radius 2 is 1.45 bits per heavy atom. The van der Waals surface area contributed by atoms with Gasteiger partial charge in [-0.1, -0.05) is 52.5 Å². The van der Waals surface area contributed by atoms with Crippen LogP contribution in [0.1, 0.15) is 64.9 Å². The molecule has 0 amide bonds. The lowest BCUT2D eigenvalue weighted by atomic mass is 10.1. The predicted molar refractivity (Wildman–Crippen MR) is 85.9 cm³/mol. The Bertz CT molecular complexity index is 360. The molecule has 0 aliphatic carbocycles. The van der Waals surface area contributed by atoms with Crippen LogP contribution >= 0.6 is 0 Å². The number of hydrogen-bond acceptors (Lipinski definition) is 2. The van der Waals surface area contributed by atoms with Gasteiger partial charge in [0.15, 0.2) is 0 Å². The molecule has 2 heteroatoms. The van der Waals surface area contributed by atoms with Gasteiger partial charge in [-0.15, -0.1) is 0 Å². The highest BCUT2D eigenvalue weighted by atomic mass is 16.5. The molecule has 1 aromatic carbocycles. The lowest BCUT2D eigenvalue weighted by Gasteiger charge is -2.13. The summed E-state index contributed by atoms with van der Waals surface area (Å²) < 4.78 is 11.7. The second-order valence-electron chi connectivity index (χ2n) is 5.23. The molecule has 0 saturated heterocycles. The van der Waals surface area contributed by atoms with Crippen molar-refractivity contribution in [3.63, 3.8) is 0 Å². The standard InChI is InChI=1S/C18H30O2/c1-4-7-9-13-19-17-12-11-16(6-3)18(15-17)20-14-10-8-5-2/h11-12,15H,4-10,13-14H2,1-3H3. The molecule has 114 valence electrons. The quantitative estimate of drug-likeness (QED) is 0.505. The van der Waals surface area contributed by atoms with E-state index in [4.69, 9.17) is 9.47 Å². The molecule has 0 spiro atoms. The summed E-state index contributed by atoms with van der Waals surface area (Å²) in [5, 5.41) is 0. The van der Waals surface area contributed by atoms with Crippen molar-refractivity contribution < 1.29 is 9.47 Å². The minimum absolute atomic E-state index is 0.800. The average Bonchev–Trinajstić information content (AvgIpc) is 2.48. The van der Waals surface area contributed by atoms with Crippen molar-refractivity contribution in [2.75, 3.05) is 13.2 Å². The highest BCUT2D eigenvalue weighted by Crippen LogP contribution is 2.26. The number of hydrogen-bond donors (Lipinski definition) is 0. The summed E-state index contributed by atoms with van der Waals surface area (Å²) in [7, 11) is 0. The van der Waals surface area contributed by atoms with Crippen molar-refractivity contribution in [2.24, 2.45) is 0 Å². The highest BCUT2D eigenvalue weighted by molar-refractivity contribution is 5.40. The fourth-order valence-electron chi connectivity index (χ4n) is 2.13. The number of aryl methyl sites for hydroxylation is 1. The van der Waals surface area contributed by atoms with E-state index in [1.54, 1.807) is 0 Å². The maximum absolute atomic E-state index is 5.92. The number of benzene rings is 1. The van der Waals surface area contributed by atoms with E-state index >= 15 is 0 Å². The van der Waals surface area contributed by atoms with E-state index in [9.17, 15) is 0 Å². The summed E-state index contributed by atoms with van der Waals surface area (Å²) in [5.74, 6) is 1.93. The van der Waals surface area contributed by atoms with E-state index in [0.29, 0.717) is 0 Å². The van der Waals surface area contributed by atoms with Gasteiger partial charge in [-0.3, -0.25) is 0 Å². The molecule has 0 heterocycles. The van der Waals surface area contributed by atoms with E-state index in [1.807, 2.05) is 0 Å². The van der Waals surface area contributed by atoms with Gasteiger partial charge in [0.2, 0.25) is 0 Å². The molecule has 0 aliphatic rings. The molecular formula is C18H30O2. The van der Waals surface area contributed by atoms with Gasteiger partial charge in [0.05, 0.1) is 13.2 Å². The first-order chi connectivity index (χ1) is 9.81. The third-order valence-corrected chi connectivity index (χ3v) is 3.44. The zero-order valence-corrected chi connectivity index (χ0v) is 13.4. The second kappa shape index (κ2) is 10.6. The monoisotopic (exact) mass is 278 g/mol. The van der Waals surface area contributed by atoms with Crippen molar-refractivity contribution in [3.05, 3.63) is 23.8 Å². The molecule has 0 fully saturated rings. The molecule has 0 aliphatic heterocycles. The molecule has 0 atom stereocenters. The van der Waals surface area contributed by atoms with Crippen molar-refractivity contribution in [2.45, 2.75) is 65.7 Å². The van der Waals surface area contributed by atoms with Crippen molar-refractivity contribution in [3.8, 4) is 11.5 Å². The zero-order valence-electron chi connectivity index (χ0n) is 13.4. The Kier molecular flexibility index (Phi) is 8.93. The van der Waals surface area contributed by atoms with Crippen LogP contribution < -0.4 is 9.47 Å². The van der Waals surface area contributed by atoms with Gasteiger partial charge in [-0.05, 0) is 30.9 Å². The first kappa shape index (κ1) is 16.9. The Hall–Kier alpha value is -1.18. The van der Waals surface area contributed by atoms with Crippen molar-refractivity contribution in [1.29, 1.82) is 0 Å². The lowest BCUT2D eigenvalue weighted by Crippen LogP contribution is -2.02. The van der Waals surface area contributed by atoms with Crippen LogP contribution in [0.25, 0.3) is 0 Å². The summed E-state index contributed by atoms with van der Waals surface area (Å²) in [6, 6.07) is 6.24. The number of unbranched alkanes of at least 4 members (excludes halogenated alkanes) is 4. The molecule has 1 rings (SSSR count). The zero-order chi connectivity index (χ0) is 14.6. The molecule has 0 unspecified atom stereocenters. The van der Waals surface area contributed by atoms with Crippen LogP contribution in [0.3, 0.4) is 0 Å². The average molecular weight is 278 g/mol. The molecular weight excluding hydrogens is 248 g/mol. The fraction of sp³-hybridized carbons (Fsp3) is 0.667. The minimum atomic E-state index is 0.800. The SMILES string of the molecule is CCCCCOc1ccc(CC)c(OCCCCC)c1. The fourth-order valence-corrected chi connectivity index (χ4v) is 2.13. The van der Waals surface area contributed by atoms with E-state index in [0.717, 1.165) is 44.0 Å². The number of rotatable bonds is 11. The third kappa shape index (κ3) is 6.31. The molecule has 1 aromatic rings. The van der Waals surface area contributed by atoms with Crippen LogP contribution in [0.5, 0.6) is 11.5 Å². The maximum atomic E-state index is 5.92. The van der Waals surface area contributed by atoms with E-state index in [-0.39, 0.29) is 0 Å². The summed E-state index contributed by atoms with van der Waals surface area (Å²) in [5.41, 5.74) is 1.27. The Balaban J connectivity index is 2.51. The topological polar surface area (TPSA) is 18.5 Å². The minimum Gasteiger partial charge on any atom is -0.493 e. The molecule has 0 bridgehead atoms. The van der Waals surface area contributed by atoms with Crippen LogP contribution in [0.2, 0.25) is 0 Å². The van der Waals surface area contributed by atoms with Gasteiger partial charge in [0, 0.05) is 6.07 Å². The van der Waals surface area contributed by atoms with Gasteiger partial charge in [-0.2, -0.15) is 0 Å². The molecule has 0 N–H and O–H groups in total. The highest BCUT2D eigenvalue weighted by Gasteiger charge is 2.05. The van der Waals surface area contributed by atoms with Crippen LogP contribution in [-0.4, -0.2) is 13.2 Å². The summed E-state index contributed by atoms with van der Waals surface area (Å²) in [6.45, 7) is 8.19. The largest absolute Gasteiger partial charge is 0.493 e. The lowest BCUT2D eigenvalue weighted by molar-refractivity contribution is 0.289. The van der Waals surface area contributed by atoms with Gasteiger partial charge in [0.1, 0.15) is 11.5 Å². The van der Waals surface area contributed by atoms with Crippen LogP contribution in [-0.2, 0) is 6.42 Å². The summed E-state index contributed by atoms with van der Waals surface area (Å²) in [4.78, 5) is 0. The maximum Gasteiger partial charge on any atom is 0.126 e. The number of ether oxygens (including phenoxy) is 2. The van der Waals surface area contributed by atoms with Crippen LogP contribution in [0.4, 0.5) is 0 Å². The first-order valence-electron chi connectivity index (χ1n) is 8.20. The van der Waals surface area contributed by atoms with Crippen molar-refractivity contribution in [1.82, 2.24) is 0 Å². The third-order valence-electron chi connectivity index (χ3n) is 3.44. The molecule has 0 aromatic heterocycles. The smallest absolute Gasteiger partial charge is 0.126 e. The van der Waals surface area contributed by atoms with Crippen molar-refractivity contribution >= 4 is 0 Å². The normalized spacial score (nSPS) is 10.6. The Morgan fingerprint density at radius 3 is 2.05 bits per heavy atom. The van der Waals surface area contributed by atoms with Crippen LogP contribution in [0.15, 0.2) is 18.2 Å². The Labute approximate surface area is 124 Å². The summed E-state index contributed by atoms with van der Waals surface area (Å²) >= 11 is 0. The second-order valence-corrected chi connectivity index (χ2v) is 5.23. The Morgan fingerprint density at radius 1 is 0.800 bits per heavy atom. The van der Waals surface area contributed by atoms with Crippen LogP contribution in [0, 0.1) is 0 Å². The molecule has 0 radical (unpaired) electrons. The molecule has 0 saturated carbocycles. The molecule has 20 heavy (non-hydrogen) atoms.